The SMILES string of the molecule is CN1CC[C@]23c4c5ccc(O)c4O[C@H]2[C@H](N(C)C(=O)/C=C/c2cc(Br)cs2)CC[C@@]3(N(C)C)[C@H]1C5. The molecule has 3 heterocycles. The Kier molecular flexibility index (Phi) is 5.42. The van der Waals surface area contributed by atoms with Crippen LogP contribution in [-0.4, -0.2) is 84.2 Å². The van der Waals surface area contributed by atoms with Crippen LogP contribution >= 0.6 is 27.3 Å². The molecule has 1 saturated carbocycles. The second-order valence-corrected chi connectivity index (χ2v) is 12.6. The third-order valence-corrected chi connectivity index (χ3v) is 11.0. The Hall–Kier alpha value is -1.87. The number of piperidine rings is 1. The predicted octanol–water partition coefficient (Wildman–Crippen LogP) is 4.11. The molecule has 2 fully saturated rings. The van der Waals surface area contributed by atoms with Gasteiger partial charge in [-0.1, -0.05) is 6.07 Å². The minimum atomic E-state index is -0.269. The van der Waals surface area contributed by atoms with Crippen molar-refractivity contribution in [2.24, 2.45) is 0 Å². The fraction of sp³-hybridized carbons (Fsp3) is 0.519. The zero-order valence-corrected chi connectivity index (χ0v) is 23.0. The number of amides is 1. The monoisotopic (exact) mass is 557 g/mol. The Morgan fingerprint density at radius 3 is 2.83 bits per heavy atom. The number of phenols is 1. The fourth-order valence-electron chi connectivity index (χ4n) is 7.89. The second kappa shape index (κ2) is 8.07. The molecular weight excluding hydrogens is 526 g/mol. The standard InChI is InChI=1S/C27H32BrN3O3S/c1-29(2)27-10-9-19(31(4)22(33)8-6-18-14-17(28)15-35-18)25-26(27)11-12-30(3)21(27)13-16-5-7-20(32)24(34-25)23(16)26/h5-8,14-15,19,21,25,32H,9-13H2,1-4H3/b8-6+/t19-,21-,25+,26+,27-/m1/s1. The summed E-state index contributed by atoms with van der Waals surface area (Å²) in [6, 6.07) is 6.18. The Bertz CT molecular complexity index is 1230. The van der Waals surface area contributed by atoms with E-state index in [0.717, 1.165) is 41.6 Å². The number of aromatic hydroxyl groups is 1. The van der Waals surface area contributed by atoms with Gasteiger partial charge in [-0.05, 0) is 93.1 Å². The van der Waals surface area contributed by atoms with E-state index in [0.29, 0.717) is 11.8 Å². The fourth-order valence-corrected chi connectivity index (χ4v) is 9.23. The van der Waals surface area contributed by atoms with Crippen LogP contribution in [0.5, 0.6) is 11.5 Å². The molecular formula is C27H32BrN3O3S. The zero-order chi connectivity index (χ0) is 24.7. The predicted molar refractivity (Wildman–Crippen MR) is 142 cm³/mol. The van der Waals surface area contributed by atoms with Gasteiger partial charge in [-0.15, -0.1) is 11.3 Å². The lowest BCUT2D eigenvalue weighted by Crippen LogP contribution is -2.81. The van der Waals surface area contributed by atoms with E-state index >= 15 is 0 Å². The Balaban J connectivity index is 1.43. The molecule has 1 aromatic heterocycles. The van der Waals surface area contributed by atoms with Gasteiger partial charge in [0.2, 0.25) is 5.91 Å². The summed E-state index contributed by atoms with van der Waals surface area (Å²) >= 11 is 5.08. The summed E-state index contributed by atoms with van der Waals surface area (Å²) in [5.74, 6) is 0.847. The smallest absolute Gasteiger partial charge is 0.246 e. The van der Waals surface area contributed by atoms with Gasteiger partial charge in [-0.3, -0.25) is 4.79 Å². The van der Waals surface area contributed by atoms with Crippen LogP contribution in [0.4, 0.5) is 0 Å². The summed E-state index contributed by atoms with van der Waals surface area (Å²) < 4.78 is 7.78. The Morgan fingerprint density at radius 2 is 2.11 bits per heavy atom. The van der Waals surface area contributed by atoms with E-state index < -0.39 is 0 Å². The number of likely N-dealkylation sites (N-methyl/N-ethyl adjacent to an activating group) is 3. The lowest BCUT2D eigenvalue weighted by atomic mass is 9.46. The minimum absolute atomic E-state index is 0.0161. The van der Waals surface area contributed by atoms with Gasteiger partial charge >= 0.3 is 0 Å². The molecule has 35 heavy (non-hydrogen) atoms. The van der Waals surface area contributed by atoms with Gasteiger partial charge in [0, 0.05) is 45.0 Å². The summed E-state index contributed by atoms with van der Waals surface area (Å²) in [5, 5.41) is 12.9. The molecule has 6 nitrogen and oxygen atoms in total. The maximum absolute atomic E-state index is 13.4. The highest BCUT2D eigenvalue weighted by atomic mass is 79.9. The maximum Gasteiger partial charge on any atom is 0.246 e. The van der Waals surface area contributed by atoms with E-state index in [1.807, 2.05) is 29.5 Å². The molecule has 8 heteroatoms. The number of benzene rings is 1. The molecule has 1 aromatic carbocycles. The first-order valence-corrected chi connectivity index (χ1v) is 14.0. The molecule has 2 aliphatic carbocycles. The molecule has 1 saturated heterocycles. The van der Waals surface area contributed by atoms with Gasteiger partial charge in [-0.2, -0.15) is 0 Å². The van der Waals surface area contributed by atoms with Crippen molar-refractivity contribution >= 4 is 39.2 Å². The van der Waals surface area contributed by atoms with Crippen LogP contribution in [0.2, 0.25) is 0 Å². The largest absolute Gasteiger partial charge is 0.504 e. The van der Waals surface area contributed by atoms with Crippen LogP contribution in [-0.2, 0) is 16.6 Å². The number of halogens is 1. The molecule has 5 atom stereocenters. The van der Waals surface area contributed by atoms with Gasteiger partial charge in [0.05, 0.1) is 11.5 Å². The Morgan fingerprint density at radius 1 is 1.31 bits per heavy atom. The van der Waals surface area contributed by atoms with E-state index in [-0.39, 0.29) is 34.8 Å². The molecule has 2 bridgehead atoms. The number of carbonyl (C=O) groups is 1. The van der Waals surface area contributed by atoms with Crippen LogP contribution in [0.15, 0.2) is 34.1 Å². The summed E-state index contributed by atoms with van der Waals surface area (Å²) in [5.41, 5.74) is 2.10. The van der Waals surface area contributed by atoms with Crippen molar-refractivity contribution in [3.63, 3.8) is 0 Å². The lowest BCUT2D eigenvalue weighted by molar-refractivity contribution is -0.157. The molecule has 1 N–H and O–H groups in total. The quantitative estimate of drug-likeness (QED) is 0.573. The van der Waals surface area contributed by atoms with Crippen molar-refractivity contribution in [3.05, 3.63) is 50.1 Å². The first-order chi connectivity index (χ1) is 16.7. The van der Waals surface area contributed by atoms with Gasteiger partial charge in [0.1, 0.15) is 6.10 Å². The highest BCUT2D eigenvalue weighted by Gasteiger charge is 2.74. The zero-order valence-electron chi connectivity index (χ0n) is 20.6. The number of phenolic OH excluding ortho intramolecular Hbond substituents is 1. The molecule has 2 aliphatic heterocycles. The van der Waals surface area contributed by atoms with Crippen molar-refractivity contribution in [2.75, 3.05) is 34.7 Å². The van der Waals surface area contributed by atoms with E-state index in [1.165, 1.54) is 11.1 Å². The van der Waals surface area contributed by atoms with Gasteiger partial charge in [0.15, 0.2) is 11.5 Å². The van der Waals surface area contributed by atoms with Crippen molar-refractivity contribution in [1.82, 2.24) is 14.7 Å². The number of hydrogen-bond acceptors (Lipinski definition) is 6. The first-order valence-electron chi connectivity index (χ1n) is 12.3. The number of carbonyl (C=O) groups excluding carboxylic acids is 1. The minimum Gasteiger partial charge on any atom is -0.504 e. The van der Waals surface area contributed by atoms with Crippen LogP contribution in [0.3, 0.4) is 0 Å². The van der Waals surface area contributed by atoms with Gasteiger partial charge in [0.25, 0.3) is 0 Å². The topological polar surface area (TPSA) is 56.3 Å². The van der Waals surface area contributed by atoms with Crippen LogP contribution < -0.4 is 4.74 Å². The van der Waals surface area contributed by atoms with Crippen LogP contribution in [0.1, 0.15) is 35.3 Å². The van der Waals surface area contributed by atoms with Gasteiger partial charge < -0.3 is 24.5 Å². The Labute approximate surface area is 219 Å². The molecule has 186 valence electrons. The molecule has 6 rings (SSSR count). The summed E-state index contributed by atoms with van der Waals surface area (Å²) in [4.78, 5) is 21.2. The van der Waals surface area contributed by atoms with Crippen LogP contribution in [0, 0.1) is 0 Å². The number of thiophene rings is 1. The summed E-state index contributed by atoms with van der Waals surface area (Å²) in [7, 11) is 8.56. The summed E-state index contributed by atoms with van der Waals surface area (Å²) in [6.45, 7) is 0.978. The third-order valence-electron chi connectivity index (χ3n) is 9.32. The van der Waals surface area contributed by atoms with Crippen molar-refractivity contribution in [3.8, 4) is 11.5 Å². The average molecular weight is 559 g/mol. The number of ether oxygens (including phenoxy) is 1. The van der Waals surface area contributed by atoms with Crippen molar-refractivity contribution in [2.45, 2.75) is 54.8 Å². The highest BCUT2D eigenvalue weighted by molar-refractivity contribution is 9.10. The number of hydrogen-bond donors (Lipinski definition) is 1. The third kappa shape index (κ3) is 3.03. The molecule has 1 amide bonds. The molecule has 4 aliphatic rings. The highest BCUT2D eigenvalue weighted by Crippen LogP contribution is 2.66. The molecule has 1 spiro atoms. The number of rotatable bonds is 4. The number of nitrogens with zero attached hydrogens (tertiary/aromatic N) is 3. The normalized spacial score (nSPS) is 33.1. The van der Waals surface area contributed by atoms with E-state index in [9.17, 15) is 9.90 Å². The molecule has 0 radical (unpaired) electrons. The molecule has 0 unspecified atom stereocenters. The molecule has 2 aromatic rings. The van der Waals surface area contributed by atoms with Crippen LogP contribution in [0.25, 0.3) is 6.08 Å². The maximum atomic E-state index is 13.4. The van der Waals surface area contributed by atoms with E-state index in [2.05, 4.69) is 52.9 Å². The van der Waals surface area contributed by atoms with Gasteiger partial charge in [-0.25, -0.2) is 0 Å². The number of likely N-dealkylation sites (tertiary alicyclic amines) is 1. The van der Waals surface area contributed by atoms with E-state index in [1.54, 1.807) is 23.5 Å². The first kappa shape index (κ1) is 23.5. The van der Waals surface area contributed by atoms with Crippen molar-refractivity contribution < 1.29 is 14.6 Å². The average Bonchev–Trinajstić information content (AvgIpc) is 3.41. The van der Waals surface area contributed by atoms with Crippen molar-refractivity contribution in [1.29, 1.82) is 0 Å². The second-order valence-electron chi connectivity index (χ2n) is 10.8. The summed E-state index contributed by atoms with van der Waals surface area (Å²) in [6.07, 6.45) is 7.10. The van der Waals surface area contributed by atoms with E-state index in [4.69, 9.17) is 4.74 Å². The lowest BCUT2D eigenvalue weighted by Gasteiger charge is -2.68.